The van der Waals surface area contributed by atoms with Gasteiger partial charge in [0, 0.05) is 17.8 Å². The van der Waals surface area contributed by atoms with Crippen molar-refractivity contribution in [1.82, 2.24) is 4.98 Å². The number of fused-ring (bicyclic) bond motifs is 3. The van der Waals surface area contributed by atoms with Gasteiger partial charge in [-0.25, -0.2) is 0 Å². The summed E-state index contributed by atoms with van der Waals surface area (Å²) < 4.78 is 0. The lowest BCUT2D eigenvalue weighted by atomic mass is 9.77. The second kappa shape index (κ2) is 5.89. The molecule has 25 heavy (non-hydrogen) atoms. The zero-order valence-electron chi connectivity index (χ0n) is 14.0. The van der Waals surface area contributed by atoms with Gasteiger partial charge in [0.05, 0.1) is 11.7 Å². The predicted molar refractivity (Wildman–Crippen MR) is 102 cm³/mol. The fourth-order valence-corrected chi connectivity index (χ4v) is 4.26. The van der Waals surface area contributed by atoms with E-state index in [2.05, 4.69) is 83.1 Å². The summed E-state index contributed by atoms with van der Waals surface area (Å²) in [4.78, 5) is 4.61. The molecule has 0 radical (unpaired) electrons. The lowest BCUT2D eigenvalue weighted by Crippen LogP contribution is -2.29. The molecule has 2 nitrogen and oxygen atoms in total. The van der Waals surface area contributed by atoms with Crippen molar-refractivity contribution in [3.63, 3.8) is 0 Å². The molecular formula is C23H20N2. The third kappa shape index (κ3) is 2.45. The first kappa shape index (κ1) is 14.5. The van der Waals surface area contributed by atoms with Crippen LogP contribution >= 0.6 is 0 Å². The van der Waals surface area contributed by atoms with E-state index < -0.39 is 0 Å². The Hall–Kier alpha value is -2.87. The van der Waals surface area contributed by atoms with E-state index in [4.69, 9.17) is 0 Å². The number of allylic oxidation sites excluding steroid dienone is 2. The topological polar surface area (TPSA) is 24.9 Å². The Morgan fingerprint density at radius 3 is 2.60 bits per heavy atom. The third-order valence-electron chi connectivity index (χ3n) is 5.48. The number of nitrogens with one attached hydrogen (secondary N) is 1. The van der Waals surface area contributed by atoms with Crippen LogP contribution in [-0.2, 0) is 0 Å². The number of aromatic nitrogens is 1. The van der Waals surface area contributed by atoms with Crippen molar-refractivity contribution in [2.75, 3.05) is 5.32 Å². The van der Waals surface area contributed by atoms with Gasteiger partial charge in [-0.3, -0.25) is 4.98 Å². The van der Waals surface area contributed by atoms with Crippen LogP contribution in [0, 0.1) is 5.92 Å². The molecule has 0 spiro atoms. The summed E-state index contributed by atoms with van der Waals surface area (Å²) in [6, 6.07) is 23.9. The van der Waals surface area contributed by atoms with Crippen molar-refractivity contribution in [2.24, 2.45) is 5.92 Å². The molecule has 0 bridgehead atoms. The highest BCUT2D eigenvalue weighted by Gasteiger charge is 2.38. The van der Waals surface area contributed by atoms with Gasteiger partial charge in [-0.2, -0.15) is 0 Å². The number of nitrogens with zero attached hydrogens (tertiary/aromatic N) is 1. The van der Waals surface area contributed by atoms with Gasteiger partial charge in [0.2, 0.25) is 0 Å². The van der Waals surface area contributed by atoms with Crippen LogP contribution in [0.4, 0.5) is 5.69 Å². The van der Waals surface area contributed by atoms with E-state index in [1.807, 2.05) is 12.3 Å². The van der Waals surface area contributed by atoms with Gasteiger partial charge >= 0.3 is 0 Å². The molecule has 1 aliphatic carbocycles. The maximum atomic E-state index is 4.61. The van der Waals surface area contributed by atoms with Crippen LogP contribution in [0.3, 0.4) is 0 Å². The molecule has 2 aliphatic rings. The molecule has 122 valence electrons. The van der Waals surface area contributed by atoms with E-state index in [9.17, 15) is 0 Å². The van der Waals surface area contributed by atoms with Crippen LogP contribution in [0.25, 0.3) is 11.1 Å². The number of pyridine rings is 1. The summed E-state index contributed by atoms with van der Waals surface area (Å²) in [6.07, 6.45) is 7.71. The Labute approximate surface area is 148 Å². The lowest BCUT2D eigenvalue weighted by molar-refractivity contribution is 0.419. The van der Waals surface area contributed by atoms with Crippen molar-refractivity contribution in [3.8, 4) is 11.1 Å². The molecule has 0 fully saturated rings. The molecular weight excluding hydrogens is 304 g/mol. The molecule has 0 saturated heterocycles. The van der Waals surface area contributed by atoms with Crippen molar-refractivity contribution in [3.05, 3.63) is 96.3 Å². The Balaban J connectivity index is 1.58. The first-order valence-corrected chi connectivity index (χ1v) is 8.94. The van der Waals surface area contributed by atoms with E-state index in [-0.39, 0.29) is 6.04 Å². The molecule has 1 aliphatic heterocycles. The van der Waals surface area contributed by atoms with Gasteiger partial charge < -0.3 is 5.32 Å². The van der Waals surface area contributed by atoms with E-state index in [1.54, 1.807) is 0 Å². The molecule has 5 rings (SSSR count). The minimum absolute atomic E-state index is 0.274. The van der Waals surface area contributed by atoms with Gasteiger partial charge in [0.1, 0.15) is 0 Å². The minimum Gasteiger partial charge on any atom is -0.376 e. The van der Waals surface area contributed by atoms with Crippen LogP contribution in [0.1, 0.15) is 29.6 Å². The number of benzene rings is 2. The fraction of sp³-hybridized carbons (Fsp3) is 0.174. The first-order valence-electron chi connectivity index (χ1n) is 8.94. The van der Waals surface area contributed by atoms with Gasteiger partial charge in [0.25, 0.3) is 0 Å². The van der Waals surface area contributed by atoms with E-state index in [1.165, 1.54) is 22.4 Å². The molecule has 2 aromatic carbocycles. The smallest absolute Gasteiger partial charge is 0.0725 e. The highest BCUT2D eigenvalue weighted by Crippen LogP contribution is 2.50. The molecule has 0 saturated carbocycles. The molecule has 2 heterocycles. The minimum atomic E-state index is 0.274. The predicted octanol–water partition coefficient (Wildman–Crippen LogP) is 5.58. The molecule has 1 N–H and O–H groups in total. The largest absolute Gasteiger partial charge is 0.376 e. The second-order valence-electron chi connectivity index (χ2n) is 6.90. The van der Waals surface area contributed by atoms with Gasteiger partial charge in [-0.05, 0) is 53.3 Å². The van der Waals surface area contributed by atoms with Crippen LogP contribution in [0.15, 0.2) is 85.1 Å². The van der Waals surface area contributed by atoms with E-state index in [0.29, 0.717) is 11.8 Å². The summed E-state index contributed by atoms with van der Waals surface area (Å²) in [5.74, 6) is 1.00. The van der Waals surface area contributed by atoms with Crippen LogP contribution in [0.2, 0.25) is 0 Å². The van der Waals surface area contributed by atoms with Crippen molar-refractivity contribution in [1.29, 1.82) is 0 Å². The average molecular weight is 324 g/mol. The zero-order valence-corrected chi connectivity index (χ0v) is 14.0. The lowest BCUT2D eigenvalue weighted by Gasteiger charge is -2.37. The monoisotopic (exact) mass is 324 g/mol. The van der Waals surface area contributed by atoms with Crippen LogP contribution in [0.5, 0.6) is 0 Å². The van der Waals surface area contributed by atoms with Crippen LogP contribution < -0.4 is 5.32 Å². The standard InChI is InChI=1S/C23H20N2/c1-2-7-16(8-3-1)17-12-13-21-20(15-17)18-9-6-10-19(18)23(25-21)22-11-4-5-14-24-22/h1-9,11-15,18-19,23,25H,10H2/t18-,19-,23-/m0/s1. The number of hydrogen-bond donors (Lipinski definition) is 1. The third-order valence-corrected chi connectivity index (χ3v) is 5.48. The highest BCUT2D eigenvalue weighted by atomic mass is 15.0. The summed E-state index contributed by atoms with van der Waals surface area (Å²) in [6.45, 7) is 0. The quantitative estimate of drug-likeness (QED) is 0.623. The summed E-state index contributed by atoms with van der Waals surface area (Å²) in [5.41, 5.74) is 6.35. The van der Waals surface area contributed by atoms with Crippen molar-refractivity contribution in [2.45, 2.75) is 18.4 Å². The Morgan fingerprint density at radius 2 is 1.76 bits per heavy atom. The number of anilines is 1. The van der Waals surface area contributed by atoms with E-state index >= 15 is 0 Å². The van der Waals surface area contributed by atoms with E-state index in [0.717, 1.165) is 12.1 Å². The molecule has 1 aromatic heterocycles. The average Bonchev–Trinajstić information content (AvgIpc) is 3.18. The Bertz CT molecular complexity index is 915. The molecule has 0 unspecified atom stereocenters. The molecule has 3 atom stereocenters. The Kier molecular flexibility index (Phi) is 3.41. The second-order valence-corrected chi connectivity index (χ2v) is 6.90. The number of hydrogen-bond acceptors (Lipinski definition) is 2. The molecule has 3 aromatic rings. The summed E-state index contributed by atoms with van der Waals surface area (Å²) in [7, 11) is 0. The SMILES string of the molecule is C1=C[C@@H]2c3cc(-c4ccccc4)ccc3N[C@H](c3ccccn3)[C@H]2C1. The highest BCUT2D eigenvalue weighted by molar-refractivity contribution is 5.71. The van der Waals surface area contributed by atoms with Crippen LogP contribution in [-0.4, -0.2) is 4.98 Å². The summed E-state index contributed by atoms with van der Waals surface area (Å²) >= 11 is 0. The Morgan fingerprint density at radius 1 is 0.880 bits per heavy atom. The summed E-state index contributed by atoms with van der Waals surface area (Å²) in [5, 5.41) is 3.76. The van der Waals surface area contributed by atoms with Gasteiger partial charge in [0.15, 0.2) is 0 Å². The molecule has 0 amide bonds. The fourth-order valence-electron chi connectivity index (χ4n) is 4.26. The maximum absolute atomic E-state index is 4.61. The molecule has 2 heteroatoms. The normalized spacial score (nSPS) is 23.6. The van der Waals surface area contributed by atoms with Crippen molar-refractivity contribution < 1.29 is 0 Å². The van der Waals surface area contributed by atoms with Gasteiger partial charge in [-0.1, -0.05) is 54.6 Å². The number of rotatable bonds is 2. The van der Waals surface area contributed by atoms with Crippen molar-refractivity contribution >= 4 is 5.69 Å². The first-order chi connectivity index (χ1) is 12.4. The zero-order chi connectivity index (χ0) is 16.6. The maximum Gasteiger partial charge on any atom is 0.0725 e. The van der Waals surface area contributed by atoms with Gasteiger partial charge in [-0.15, -0.1) is 0 Å².